The standard InChI is InChI=1S/C25H22N6S/c1-18-27-28-25(32)30(18)26-17-19-12-14-22(15-13-19)31-24(21-10-6-3-7-11-21)16-23(29-31)20-8-4-2-5-9-20/h2-15,17,24H,16H2,1H3,(H,28,32)/b26-17+. The third-order valence-electron chi connectivity index (χ3n) is 5.49. The van der Waals surface area contributed by atoms with Gasteiger partial charge in [0.25, 0.3) is 0 Å². The Kier molecular flexibility index (Phi) is 5.47. The van der Waals surface area contributed by atoms with Crippen LogP contribution >= 0.6 is 12.2 Å². The Bertz CT molecular complexity index is 1320. The Morgan fingerprint density at radius 3 is 2.31 bits per heavy atom. The SMILES string of the molecule is Cc1n[nH]c(=S)n1/N=C/c1ccc(N2N=C(c3ccccc3)CC2c2ccccc2)cc1. The van der Waals surface area contributed by atoms with Gasteiger partial charge in [0.2, 0.25) is 4.77 Å². The lowest BCUT2D eigenvalue weighted by molar-refractivity contribution is 0.709. The zero-order chi connectivity index (χ0) is 21.9. The van der Waals surface area contributed by atoms with Crippen LogP contribution in [0.5, 0.6) is 0 Å². The van der Waals surface area contributed by atoms with Crippen LogP contribution in [0.3, 0.4) is 0 Å². The number of aromatic amines is 1. The molecule has 0 spiro atoms. The minimum absolute atomic E-state index is 0.151. The van der Waals surface area contributed by atoms with E-state index in [9.17, 15) is 0 Å². The van der Waals surface area contributed by atoms with E-state index in [-0.39, 0.29) is 6.04 Å². The van der Waals surface area contributed by atoms with Crippen molar-refractivity contribution in [3.8, 4) is 0 Å². The second-order valence-electron chi connectivity index (χ2n) is 7.61. The van der Waals surface area contributed by atoms with E-state index in [4.69, 9.17) is 17.3 Å². The van der Waals surface area contributed by atoms with Gasteiger partial charge in [-0.15, -0.1) is 0 Å². The van der Waals surface area contributed by atoms with Crippen LogP contribution < -0.4 is 5.01 Å². The van der Waals surface area contributed by atoms with Crippen molar-refractivity contribution in [3.05, 3.63) is 112 Å². The van der Waals surface area contributed by atoms with E-state index >= 15 is 0 Å². The predicted molar refractivity (Wildman–Crippen MR) is 131 cm³/mol. The summed E-state index contributed by atoms with van der Waals surface area (Å²) in [5.74, 6) is 0.716. The fraction of sp³-hybridized carbons (Fsp3) is 0.120. The highest BCUT2D eigenvalue weighted by Crippen LogP contribution is 2.36. The van der Waals surface area contributed by atoms with Crippen LogP contribution in [0, 0.1) is 11.7 Å². The lowest BCUT2D eigenvalue weighted by Gasteiger charge is -2.24. The number of nitrogens with one attached hydrogen (secondary N) is 1. The predicted octanol–water partition coefficient (Wildman–Crippen LogP) is 5.49. The van der Waals surface area contributed by atoms with Gasteiger partial charge in [0.05, 0.1) is 23.7 Å². The molecule has 0 saturated heterocycles. The third kappa shape index (κ3) is 4.02. The minimum atomic E-state index is 0.151. The van der Waals surface area contributed by atoms with E-state index in [1.807, 2.05) is 31.2 Å². The maximum absolute atomic E-state index is 5.20. The fourth-order valence-corrected chi connectivity index (χ4v) is 4.06. The van der Waals surface area contributed by atoms with Gasteiger partial charge in [-0.05, 0) is 48.0 Å². The van der Waals surface area contributed by atoms with Crippen molar-refractivity contribution >= 4 is 29.8 Å². The molecule has 4 aromatic rings. The molecule has 1 N–H and O–H groups in total. The number of hydrogen-bond donors (Lipinski definition) is 1. The van der Waals surface area contributed by atoms with Gasteiger partial charge >= 0.3 is 0 Å². The summed E-state index contributed by atoms with van der Waals surface area (Å²) >= 11 is 5.20. The molecule has 0 amide bonds. The summed E-state index contributed by atoms with van der Waals surface area (Å²) in [6.07, 6.45) is 2.63. The lowest BCUT2D eigenvalue weighted by atomic mass is 9.98. The Balaban J connectivity index is 1.45. The number of hydrogen-bond acceptors (Lipinski definition) is 5. The Labute approximate surface area is 191 Å². The Hall–Kier alpha value is -3.84. The Morgan fingerprint density at radius 2 is 1.66 bits per heavy atom. The highest BCUT2D eigenvalue weighted by molar-refractivity contribution is 7.71. The number of aryl methyl sites for hydroxylation is 1. The Morgan fingerprint density at radius 1 is 0.969 bits per heavy atom. The van der Waals surface area contributed by atoms with Crippen molar-refractivity contribution in [1.29, 1.82) is 0 Å². The first-order chi connectivity index (χ1) is 15.7. The summed E-state index contributed by atoms with van der Waals surface area (Å²) in [6, 6.07) is 29.3. The number of rotatable bonds is 5. The molecule has 0 aliphatic carbocycles. The molecule has 1 aliphatic heterocycles. The minimum Gasteiger partial charge on any atom is -0.257 e. The summed E-state index contributed by atoms with van der Waals surface area (Å²) in [6.45, 7) is 1.85. The van der Waals surface area contributed by atoms with Gasteiger partial charge in [-0.3, -0.25) is 10.1 Å². The third-order valence-corrected chi connectivity index (χ3v) is 5.76. The van der Waals surface area contributed by atoms with Crippen molar-refractivity contribution in [3.63, 3.8) is 0 Å². The van der Waals surface area contributed by atoms with Crippen molar-refractivity contribution < 1.29 is 0 Å². The van der Waals surface area contributed by atoms with E-state index in [1.165, 1.54) is 5.56 Å². The number of anilines is 1. The smallest absolute Gasteiger partial charge is 0.216 e. The first kappa shape index (κ1) is 20.1. The molecule has 6 nitrogen and oxygen atoms in total. The van der Waals surface area contributed by atoms with E-state index in [0.29, 0.717) is 10.6 Å². The normalized spacial score (nSPS) is 16.0. The molecule has 158 valence electrons. The average Bonchev–Trinajstić information content (AvgIpc) is 3.43. The molecule has 0 fully saturated rings. The van der Waals surface area contributed by atoms with Gasteiger partial charge < -0.3 is 0 Å². The van der Waals surface area contributed by atoms with E-state index in [2.05, 4.69) is 81.0 Å². The monoisotopic (exact) mass is 438 g/mol. The van der Waals surface area contributed by atoms with Crippen molar-refractivity contribution in [2.75, 3.05) is 5.01 Å². The summed E-state index contributed by atoms with van der Waals surface area (Å²) in [4.78, 5) is 0. The van der Waals surface area contributed by atoms with Gasteiger partial charge in [0.15, 0.2) is 0 Å². The van der Waals surface area contributed by atoms with Crippen molar-refractivity contribution in [2.45, 2.75) is 19.4 Å². The molecule has 7 heteroatoms. The number of H-pyrrole nitrogens is 1. The van der Waals surface area contributed by atoms with Crippen LogP contribution in [0.2, 0.25) is 0 Å². The number of benzene rings is 3. The first-order valence-electron chi connectivity index (χ1n) is 10.4. The van der Waals surface area contributed by atoms with Crippen molar-refractivity contribution in [1.82, 2.24) is 14.9 Å². The quantitative estimate of drug-likeness (QED) is 0.331. The summed E-state index contributed by atoms with van der Waals surface area (Å²) < 4.78 is 2.08. The second-order valence-corrected chi connectivity index (χ2v) is 8.00. The molecule has 1 aromatic heterocycles. The molecular formula is C25H22N6S. The number of aromatic nitrogens is 3. The maximum Gasteiger partial charge on any atom is 0.216 e. The molecule has 1 unspecified atom stereocenters. The summed E-state index contributed by atoms with van der Waals surface area (Å²) in [5, 5.41) is 18.4. The molecule has 1 atom stereocenters. The van der Waals surface area contributed by atoms with Crippen LogP contribution in [0.1, 0.15) is 35.0 Å². The zero-order valence-corrected chi connectivity index (χ0v) is 18.4. The zero-order valence-electron chi connectivity index (χ0n) is 17.6. The van der Waals surface area contributed by atoms with E-state index in [1.54, 1.807) is 10.9 Å². The number of nitrogens with zero attached hydrogens (tertiary/aromatic N) is 5. The molecule has 5 rings (SSSR count). The largest absolute Gasteiger partial charge is 0.257 e. The number of hydrazone groups is 1. The molecule has 0 saturated carbocycles. The van der Waals surface area contributed by atoms with Crippen LogP contribution in [-0.2, 0) is 0 Å². The molecule has 0 bridgehead atoms. The van der Waals surface area contributed by atoms with Crippen LogP contribution in [0.15, 0.2) is 95.1 Å². The molecule has 1 aliphatic rings. The van der Waals surface area contributed by atoms with Gasteiger partial charge in [-0.1, -0.05) is 72.8 Å². The molecule has 2 heterocycles. The highest BCUT2D eigenvalue weighted by atomic mass is 32.1. The van der Waals surface area contributed by atoms with Gasteiger partial charge in [-0.2, -0.15) is 20.0 Å². The van der Waals surface area contributed by atoms with E-state index < -0.39 is 0 Å². The van der Waals surface area contributed by atoms with E-state index in [0.717, 1.165) is 28.9 Å². The highest BCUT2D eigenvalue weighted by Gasteiger charge is 2.29. The fourth-order valence-electron chi connectivity index (χ4n) is 3.83. The summed E-state index contributed by atoms with van der Waals surface area (Å²) in [5.41, 5.74) is 5.51. The average molecular weight is 439 g/mol. The van der Waals surface area contributed by atoms with Gasteiger partial charge in [-0.25, -0.2) is 0 Å². The second kappa shape index (κ2) is 8.72. The molecule has 0 radical (unpaired) electrons. The topological polar surface area (TPSA) is 61.6 Å². The first-order valence-corrected chi connectivity index (χ1v) is 10.9. The molecule has 32 heavy (non-hydrogen) atoms. The summed E-state index contributed by atoms with van der Waals surface area (Å²) in [7, 11) is 0. The van der Waals surface area contributed by atoms with Gasteiger partial charge in [0.1, 0.15) is 5.82 Å². The van der Waals surface area contributed by atoms with Crippen LogP contribution in [0.25, 0.3) is 0 Å². The maximum atomic E-state index is 5.20. The molecule has 3 aromatic carbocycles. The van der Waals surface area contributed by atoms with Crippen molar-refractivity contribution in [2.24, 2.45) is 10.2 Å². The van der Waals surface area contributed by atoms with Crippen LogP contribution in [0.4, 0.5) is 5.69 Å². The lowest BCUT2D eigenvalue weighted by Crippen LogP contribution is -2.18. The van der Waals surface area contributed by atoms with Crippen LogP contribution in [-0.4, -0.2) is 26.8 Å². The molecular weight excluding hydrogens is 416 g/mol. The van der Waals surface area contributed by atoms with Gasteiger partial charge in [0, 0.05) is 6.42 Å².